The molecule has 3 nitrogen and oxygen atoms in total. The predicted molar refractivity (Wildman–Crippen MR) is 62.8 cm³/mol. The Labute approximate surface area is 99.2 Å². The number of rotatable bonds is 2. The summed E-state index contributed by atoms with van der Waals surface area (Å²) < 4.78 is 11.4. The average molecular weight is 228 g/mol. The molecule has 2 aromatic rings. The van der Waals surface area contributed by atoms with Crippen LogP contribution in [0.1, 0.15) is 17.4 Å². The lowest BCUT2D eigenvalue weighted by Crippen LogP contribution is -2.07. The van der Waals surface area contributed by atoms with E-state index in [-0.39, 0.29) is 12.9 Å². The second-order valence-electron chi connectivity index (χ2n) is 3.92. The molecule has 0 aliphatic carbocycles. The minimum Gasteiger partial charge on any atom is -0.447 e. The number of ether oxygens (including phenoxy) is 2. The van der Waals surface area contributed by atoms with Crippen LogP contribution < -0.4 is 9.47 Å². The average Bonchev–Trinajstić information content (AvgIpc) is 2.82. The van der Waals surface area contributed by atoms with Gasteiger partial charge >= 0.3 is 0 Å². The van der Waals surface area contributed by atoms with Crippen LogP contribution in [0.15, 0.2) is 48.5 Å². The SMILES string of the molecule is OCc1ccc2c(c1)OC(c1ccccc1)O2. The molecular weight excluding hydrogens is 216 g/mol. The van der Waals surface area contributed by atoms with Crippen LogP contribution in [-0.2, 0) is 6.61 Å². The lowest BCUT2D eigenvalue weighted by Gasteiger charge is -2.09. The first-order chi connectivity index (χ1) is 8.36. The predicted octanol–water partition coefficient (Wildman–Crippen LogP) is 2.65. The van der Waals surface area contributed by atoms with Crippen molar-refractivity contribution in [2.45, 2.75) is 12.9 Å². The zero-order chi connectivity index (χ0) is 11.7. The molecule has 17 heavy (non-hydrogen) atoms. The molecular formula is C14H12O3. The van der Waals surface area contributed by atoms with Gasteiger partial charge in [0.25, 0.3) is 6.29 Å². The maximum Gasteiger partial charge on any atom is 0.267 e. The topological polar surface area (TPSA) is 38.7 Å². The minimum absolute atomic E-state index is 0.00659. The van der Waals surface area contributed by atoms with Gasteiger partial charge < -0.3 is 14.6 Å². The second-order valence-corrected chi connectivity index (χ2v) is 3.92. The molecule has 0 amide bonds. The summed E-state index contributed by atoms with van der Waals surface area (Å²) in [5.41, 5.74) is 1.80. The van der Waals surface area contributed by atoms with Gasteiger partial charge in [0.15, 0.2) is 11.5 Å². The Hall–Kier alpha value is -2.00. The van der Waals surface area contributed by atoms with E-state index in [1.54, 1.807) is 6.07 Å². The molecule has 1 heterocycles. The molecule has 1 N–H and O–H groups in total. The van der Waals surface area contributed by atoms with Crippen LogP contribution in [0.3, 0.4) is 0 Å². The Bertz CT molecular complexity index is 522. The Morgan fingerprint density at radius 2 is 1.71 bits per heavy atom. The van der Waals surface area contributed by atoms with E-state index in [0.717, 1.165) is 16.9 Å². The zero-order valence-electron chi connectivity index (χ0n) is 9.17. The third-order valence-electron chi connectivity index (χ3n) is 2.73. The molecule has 1 atom stereocenters. The van der Waals surface area contributed by atoms with E-state index in [4.69, 9.17) is 14.6 Å². The highest BCUT2D eigenvalue weighted by atomic mass is 16.7. The van der Waals surface area contributed by atoms with E-state index in [1.165, 1.54) is 0 Å². The van der Waals surface area contributed by atoms with Crippen LogP contribution in [0.5, 0.6) is 11.5 Å². The molecule has 1 aliphatic heterocycles. The summed E-state index contributed by atoms with van der Waals surface area (Å²) in [5, 5.41) is 9.06. The quantitative estimate of drug-likeness (QED) is 0.858. The third-order valence-corrected chi connectivity index (χ3v) is 2.73. The van der Waals surface area contributed by atoms with E-state index in [2.05, 4.69) is 0 Å². The molecule has 2 aromatic carbocycles. The van der Waals surface area contributed by atoms with Crippen molar-refractivity contribution >= 4 is 0 Å². The van der Waals surface area contributed by atoms with Crippen LogP contribution in [0.4, 0.5) is 0 Å². The molecule has 0 spiro atoms. The number of aliphatic hydroxyl groups excluding tert-OH is 1. The Balaban J connectivity index is 1.88. The van der Waals surface area contributed by atoms with E-state index in [0.29, 0.717) is 5.75 Å². The molecule has 1 aliphatic rings. The van der Waals surface area contributed by atoms with Gasteiger partial charge in [-0.25, -0.2) is 0 Å². The highest BCUT2D eigenvalue weighted by molar-refractivity contribution is 5.45. The molecule has 3 rings (SSSR count). The monoisotopic (exact) mass is 228 g/mol. The van der Waals surface area contributed by atoms with E-state index in [9.17, 15) is 0 Å². The van der Waals surface area contributed by atoms with Crippen LogP contribution >= 0.6 is 0 Å². The number of fused-ring (bicyclic) bond motifs is 1. The van der Waals surface area contributed by atoms with Crippen molar-refractivity contribution in [2.75, 3.05) is 0 Å². The number of hydrogen-bond acceptors (Lipinski definition) is 3. The van der Waals surface area contributed by atoms with E-state index < -0.39 is 0 Å². The molecule has 0 aromatic heterocycles. The fourth-order valence-electron chi connectivity index (χ4n) is 1.84. The van der Waals surface area contributed by atoms with Gasteiger partial charge in [-0.3, -0.25) is 0 Å². The molecule has 0 bridgehead atoms. The molecule has 0 fully saturated rings. The Morgan fingerprint density at radius 1 is 0.941 bits per heavy atom. The summed E-state index contributed by atoms with van der Waals surface area (Å²) >= 11 is 0. The lowest BCUT2D eigenvalue weighted by atomic mass is 10.2. The first-order valence-electron chi connectivity index (χ1n) is 5.49. The summed E-state index contributed by atoms with van der Waals surface area (Å²) in [6.45, 7) is 0.00659. The van der Waals surface area contributed by atoms with Crippen molar-refractivity contribution < 1.29 is 14.6 Å². The Morgan fingerprint density at radius 3 is 2.47 bits per heavy atom. The molecule has 86 valence electrons. The van der Waals surface area contributed by atoms with Crippen molar-refractivity contribution in [3.63, 3.8) is 0 Å². The molecule has 0 radical (unpaired) electrons. The third kappa shape index (κ3) is 1.85. The second kappa shape index (κ2) is 4.11. The summed E-state index contributed by atoms with van der Waals surface area (Å²) in [5.74, 6) is 1.40. The molecule has 0 saturated heterocycles. The van der Waals surface area contributed by atoms with Gasteiger partial charge in [0.1, 0.15) is 0 Å². The molecule has 1 unspecified atom stereocenters. The highest BCUT2D eigenvalue weighted by Crippen LogP contribution is 2.40. The smallest absolute Gasteiger partial charge is 0.267 e. The van der Waals surface area contributed by atoms with Crippen LogP contribution in [0.2, 0.25) is 0 Å². The fourth-order valence-corrected chi connectivity index (χ4v) is 1.84. The maximum absolute atomic E-state index is 9.06. The normalized spacial score (nSPS) is 17.1. The van der Waals surface area contributed by atoms with Crippen LogP contribution in [0, 0.1) is 0 Å². The van der Waals surface area contributed by atoms with Crippen LogP contribution in [-0.4, -0.2) is 5.11 Å². The number of aliphatic hydroxyl groups is 1. The largest absolute Gasteiger partial charge is 0.447 e. The van der Waals surface area contributed by atoms with Gasteiger partial charge in [-0.15, -0.1) is 0 Å². The fraction of sp³-hybridized carbons (Fsp3) is 0.143. The molecule has 3 heteroatoms. The van der Waals surface area contributed by atoms with Crippen molar-refractivity contribution in [1.82, 2.24) is 0 Å². The lowest BCUT2D eigenvalue weighted by molar-refractivity contribution is 0.0487. The number of hydrogen-bond donors (Lipinski definition) is 1. The minimum atomic E-state index is -0.389. The summed E-state index contributed by atoms with van der Waals surface area (Å²) in [6.07, 6.45) is -0.389. The molecule has 0 saturated carbocycles. The van der Waals surface area contributed by atoms with Crippen molar-refractivity contribution in [3.8, 4) is 11.5 Å². The van der Waals surface area contributed by atoms with E-state index in [1.807, 2.05) is 42.5 Å². The highest BCUT2D eigenvalue weighted by Gasteiger charge is 2.25. The summed E-state index contributed by atoms with van der Waals surface area (Å²) in [4.78, 5) is 0. The van der Waals surface area contributed by atoms with Gasteiger partial charge in [-0.1, -0.05) is 36.4 Å². The van der Waals surface area contributed by atoms with Gasteiger partial charge in [-0.05, 0) is 17.7 Å². The summed E-state index contributed by atoms with van der Waals surface area (Å²) in [6, 6.07) is 15.2. The maximum atomic E-state index is 9.06. The van der Waals surface area contributed by atoms with Gasteiger partial charge in [0.05, 0.1) is 6.61 Å². The standard InChI is InChI=1S/C14H12O3/c15-9-10-6-7-12-13(8-10)17-14(16-12)11-4-2-1-3-5-11/h1-8,14-15H,9H2. The van der Waals surface area contributed by atoms with Crippen molar-refractivity contribution in [3.05, 3.63) is 59.7 Å². The van der Waals surface area contributed by atoms with Crippen molar-refractivity contribution in [1.29, 1.82) is 0 Å². The van der Waals surface area contributed by atoms with Gasteiger partial charge in [0, 0.05) is 5.56 Å². The number of benzene rings is 2. The Kier molecular flexibility index (Phi) is 2.46. The first-order valence-corrected chi connectivity index (χ1v) is 5.49. The summed E-state index contributed by atoms with van der Waals surface area (Å²) in [7, 11) is 0. The van der Waals surface area contributed by atoms with Gasteiger partial charge in [0.2, 0.25) is 0 Å². The van der Waals surface area contributed by atoms with Gasteiger partial charge in [-0.2, -0.15) is 0 Å². The van der Waals surface area contributed by atoms with E-state index >= 15 is 0 Å². The van der Waals surface area contributed by atoms with Crippen molar-refractivity contribution in [2.24, 2.45) is 0 Å². The van der Waals surface area contributed by atoms with Crippen LogP contribution in [0.25, 0.3) is 0 Å². The zero-order valence-corrected chi connectivity index (χ0v) is 9.17. The first kappa shape index (κ1) is 10.2.